The highest BCUT2D eigenvalue weighted by Crippen LogP contribution is 2.39. The van der Waals surface area contributed by atoms with Crippen molar-refractivity contribution in [1.82, 2.24) is 0 Å². The Morgan fingerprint density at radius 3 is 2.67 bits per heavy atom. The van der Waals surface area contributed by atoms with Crippen LogP contribution in [0.5, 0.6) is 0 Å². The van der Waals surface area contributed by atoms with Crippen LogP contribution in [0.2, 0.25) is 0 Å². The van der Waals surface area contributed by atoms with E-state index in [1.807, 2.05) is 13.0 Å². The lowest BCUT2D eigenvalue weighted by Crippen LogP contribution is -2.26. The van der Waals surface area contributed by atoms with Gasteiger partial charge in [-0.3, -0.25) is 0 Å². The molecule has 0 saturated heterocycles. The van der Waals surface area contributed by atoms with Crippen molar-refractivity contribution in [3.05, 3.63) is 29.0 Å². The van der Waals surface area contributed by atoms with Crippen LogP contribution >= 0.6 is 0 Å². The van der Waals surface area contributed by atoms with Crippen LogP contribution in [0.3, 0.4) is 0 Å². The molecule has 1 aliphatic rings. The van der Waals surface area contributed by atoms with Crippen LogP contribution in [0, 0.1) is 5.41 Å². The fraction of sp³-hybridized carbons (Fsp3) is 0.615. The summed E-state index contributed by atoms with van der Waals surface area (Å²) < 4.78 is 0. The third kappa shape index (κ3) is 3.07. The van der Waals surface area contributed by atoms with Gasteiger partial charge < -0.3 is 10.2 Å². The van der Waals surface area contributed by atoms with E-state index >= 15 is 0 Å². The van der Waals surface area contributed by atoms with Gasteiger partial charge in [0.15, 0.2) is 0 Å². The first-order chi connectivity index (χ1) is 6.83. The third-order valence-electron chi connectivity index (χ3n) is 2.70. The lowest BCUT2D eigenvalue weighted by Gasteiger charge is -2.33. The number of aliphatic hydroxyl groups is 2. The number of rotatable bonds is 1. The molecule has 15 heavy (non-hydrogen) atoms. The van der Waals surface area contributed by atoms with Crippen LogP contribution in [0.4, 0.5) is 0 Å². The van der Waals surface area contributed by atoms with Crippen molar-refractivity contribution < 1.29 is 10.2 Å². The van der Waals surface area contributed by atoms with E-state index in [1.165, 1.54) is 0 Å². The van der Waals surface area contributed by atoms with Crippen molar-refractivity contribution >= 4 is 0 Å². The molecule has 0 amide bonds. The van der Waals surface area contributed by atoms with Crippen LogP contribution < -0.4 is 0 Å². The van der Waals surface area contributed by atoms with E-state index in [9.17, 15) is 10.2 Å². The summed E-state index contributed by atoms with van der Waals surface area (Å²) in [5.74, 6) is 0. The average Bonchev–Trinajstić information content (AvgIpc) is 1.98. The molecule has 1 rings (SSSR count). The highest BCUT2D eigenvalue weighted by Gasteiger charge is 2.30. The van der Waals surface area contributed by atoms with Gasteiger partial charge in [0.25, 0.3) is 0 Å². The molecule has 0 heterocycles. The van der Waals surface area contributed by atoms with Crippen molar-refractivity contribution in [2.75, 3.05) is 0 Å². The molecule has 0 saturated carbocycles. The molecular weight excluding hydrogens is 188 g/mol. The fourth-order valence-corrected chi connectivity index (χ4v) is 2.10. The van der Waals surface area contributed by atoms with Gasteiger partial charge in [-0.05, 0) is 37.3 Å². The molecule has 1 aliphatic carbocycles. The topological polar surface area (TPSA) is 40.5 Å². The summed E-state index contributed by atoms with van der Waals surface area (Å²) in [5.41, 5.74) is 5.19. The molecule has 0 spiro atoms. The molecule has 84 valence electrons. The molecular formula is C13H20O2. The van der Waals surface area contributed by atoms with E-state index < -0.39 is 6.10 Å². The zero-order valence-corrected chi connectivity index (χ0v) is 9.91. The molecule has 2 heteroatoms. The summed E-state index contributed by atoms with van der Waals surface area (Å²) in [6.07, 6.45) is 3.38. The minimum Gasteiger partial charge on any atom is -0.389 e. The predicted molar refractivity (Wildman–Crippen MR) is 61.4 cm³/mol. The monoisotopic (exact) mass is 208 g/mol. The van der Waals surface area contributed by atoms with Crippen LogP contribution in [0.1, 0.15) is 34.1 Å². The van der Waals surface area contributed by atoms with Crippen molar-refractivity contribution in [3.63, 3.8) is 0 Å². The zero-order valence-electron chi connectivity index (χ0n) is 9.91. The minimum atomic E-state index is -0.479. The smallest absolute Gasteiger partial charge is 0.0766 e. The normalized spacial score (nSPS) is 26.7. The first kappa shape index (κ1) is 12.3. The molecule has 2 unspecified atom stereocenters. The molecule has 0 aliphatic heterocycles. The number of allylic oxidation sites excluding steroid dienone is 1. The van der Waals surface area contributed by atoms with Crippen LogP contribution in [-0.2, 0) is 0 Å². The SMILES string of the molecule is CC1=CC(O)CC(C)(C)C1=C=CC(C)O. The Morgan fingerprint density at radius 2 is 2.20 bits per heavy atom. The van der Waals surface area contributed by atoms with Gasteiger partial charge in [-0.15, -0.1) is 5.73 Å². The van der Waals surface area contributed by atoms with E-state index in [-0.39, 0.29) is 11.5 Å². The summed E-state index contributed by atoms with van der Waals surface area (Å²) in [6, 6.07) is 0. The van der Waals surface area contributed by atoms with Crippen molar-refractivity contribution in [1.29, 1.82) is 0 Å². The van der Waals surface area contributed by atoms with Gasteiger partial charge in [0.2, 0.25) is 0 Å². The van der Waals surface area contributed by atoms with Gasteiger partial charge in [0.05, 0.1) is 12.2 Å². The quantitative estimate of drug-likeness (QED) is 0.648. The standard InChI is InChI=1S/C13H20O2/c1-9-7-11(15)8-13(3,4)12(9)6-5-10(2)14/h5,7,10-11,14-15H,8H2,1-4H3. The molecule has 0 aromatic rings. The molecule has 0 aromatic carbocycles. The second kappa shape index (κ2) is 4.36. The second-order valence-electron chi connectivity index (χ2n) is 4.93. The minimum absolute atomic E-state index is 0.0797. The molecule has 0 bridgehead atoms. The van der Waals surface area contributed by atoms with E-state index in [1.54, 1.807) is 13.0 Å². The average molecular weight is 208 g/mol. The van der Waals surface area contributed by atoms with E-state index in [0.717, 1.165) is 11.1 Å². The number of hydrogen-bond donors (Lipinski definition) is 2. The fourth-order valence-electron chi connectivity index (χ4n) is 2.10. The van der Waals surface area contributed by atoms with Crippen LogP contribution in [-0.4, -0.2) is 22.4 Å². The first-order valence-electron chi connectivity index (χ1n) is 5.35. The molecule has 0 fully saturated rings. The lowest BCUT2D eigenvalue weighted by atomic mass is 9.72. The highest BCUT2D eigenvalue weighted by atomic mass is 16.3. The lowest BCUT2D eigenvalue weighted by molar-refractivity contribution is 0.161. The summed E-state index contributed by atoms with van der Waals surface area (Å²) in [7, 11) is 0. The van der Waals surface area contributed by atoms with E-state index in [0.29, 0.717) is 6.42 Å². The van der Waals surface area contributed by atoms with Gasteiger partial charge in [-0.1, -0.05) is 19.9 Å². The number of aliphatic hydroxyl groups excluding tert-OH is 2. The van der Waals surface area contributed by atoms with Crippen LogP contribution in [0.25, 0.3) is 0 Å². The van der Waals surface area contributed by atoms with Crippen molar-refractivity contribution in [2.24, 2.45) is 5.41 Å². The highest BCUT2D eigenvalue weighted by molar-refractivity contribution is 5.37. The predicted octanol–water partition coefficient (Wildman–Crippen LogP) is 2.19. The second-order valence-corrected chi connectivity index (χ2v) is 4.93. The summed E-state index contributed by atoms with van der Waals surface area (Å²) in [4.78, 5) is 0. The zero-order chi connectivity index (χ0) is 11.6. The van der Waals surface area contributed by atoms with Gasteiger partial charge in [0, 0.05) is 5.57 Å². The summed E-state index contributed by atoms with van der Waals surface area (Å²) >= 11 is 0. The largest absolute Gasteiger partial charge is 0.389 e. The molecule has 0 radical (unpaired) electrons. The van der Waals surface area contributed by atoms with Crippen molar-refractivity contribution in [3.8, 4) is 0 Å². The van der Waals surface area contributed by atoms with Gasteiger partial charge in [-0.25, -0.2) is 0 Å². The Bertz CT molecular complexity index is 328. The Kier molecular flexibility index (Phi) is 3.56. The Labute approximate surface area is 91.6 Å². The molecule has 2 N–H and O–H groups in total. The Balaban J connectivity index is 3.15. The maximum absolute atomic E-state index is 9.63. The van der Waals surface area contributed by atoms with Gasteiger partial charge in [0.1, 0.15) is 0 Å². The Hall–Kier alpha value is -0.820. The summed E-state index contributed by atoms with van der Waals surface area (Å²) in [5, 5.41) is 18.8. The maximum atomic E-state index is 9.63. The molecule has 2 nitrogen and oxygen atoms in total. The molecule has 2 atom stereocenters. The van der Waals surface area contributed by atoms with Gasteiger partial charge in [-0.2, -0.15) is 0 Å². The van der Waals surface area contributed by atoms with Crippen molar-refractivity contribution in [2.45, 2.75) is 46.3 Å². The maximum Gasteiger partial charge on any atom is 0.0766 e. The molecule has 0 aromatic heterocycles. The number of hydrogen-bond acceptors (Lipinski definition) is 2. The third-order valence-corrected chi connectivity index (χ3v) is 2.70. The Morgan fingerprint density at radius 1 is 1.60 bits per heavy atom. The van der Waals surface area contributed by atoms with E-state index in [4.69, 9.17) is 0 Å². The first-order valence-corrected chi connectivity index (χ1v) is 5.35. The summed E-state index contributed by atoms with van der Waals surface area (Å²) in [6.45, 7) is 7.86. The van der Waals surface area contributed by atoms with Gasteiger partial charge >= 0.3 is 0 Å². The van der Waals surface area contributed by atoms with E-state index in [2.05, 4.69) is 19.6 Å². The van der Waals surface area contributed by atoms with Crippen LogP contribution in [0.15, 0.2) is 29.0 Å².